The number of hydrogen-bond acceptors (Lipinski definition) is 2. The Morgan fingerprint density at radius 3 is 1.97 bits per heavy atom. The molecule has 2 fully saturated rings. The summed E-state index contributed by atoms with van der Waals surface area (Å²) in [5, 5.41) is 8.55. The third kappa shape index (κ3) is 7.04. The molecule has 0 aliphatic heterocycles. The molecular formula is C24H29F4NO. The lowest BCUT2D eigenvalue weighted by Gasteiger charge is -2.31. The molecule has 0 saturated heterocycles. The second-order valence-electron chi connectivity index (χ2n) is 8.82. The minimum absolute atomic E-state index is 0.166. The molecule has 6 heteroatoms. The first-order chi connectivity index (χ1) is 14.3. The standard InChI is InChI=1S/C24H29F4NO/c25-22(16-29)15-19-5-3-17(4-6-19)1-2-18-7-9-20(10-8-18)21-11-13-23(14-12-21)30-24(26,27)28/h11-15,17-20H,1-10H2/t17-,18-,19-,20-. The van der Waals surface area contributed by atoms with E-state index in [2.05, 4.69) is 4.74 Å². The molecule has 0 N–H and O–H groups in total. The number of alkyl halides is 3. The SMILES string of the molecule is N#CC(F)=C[C@H]1CC[C@H](CC[C@H]2CC[C@H](c3ccc(OC(F)(F)F)cc3)CC2)CC1. The van der Waals surface area contributed by atoms with Gasteiger partial charge in [-0.15, -0.1) is 13.2 Å². The second kappa shape index (κ2) is 10.3. The topological polar surface area (TPSA) is 33.0 Å². The highest BCUT2D eigenvalue weighted by Gasteiger charge is 2.31. The van der Waals surface area contributed by atoms with E-state index in [9.17, 15) is 17.6 Å². The Kier molecular flexibility index (Phi) is 7.80. The highest BCUT2D eigenvalue weighted by Crippen LogP contribution is 2.40. The quantitative estimate of drug-likeness (QED) is 0.345. The van der Waals surface area contributed by atoms with E-state index in [1.165, 1.54) is 31.1 Å². The average molecular weight is 423 g/mol. The zero-order valence-electron chi connectivity index (χ0n) is 17.1. The van der Waals surface area contributed by atoms with E-state index in [-0.39, 0.29) is 11.7 Å². The van der Waals surface area contributed by atoms with Crippen molar-refractivity contribution < 1.29 is 22.3 Å². The number of halogens is 4. The number of nitriles is 1. The van der Waals surface area contributed by atoms with Crippen LogP contribution < -0.4 is 4.74 Å². The Morgan fingerprint density at radius 1 is 0.933 bits per heavy atom. The molecule has 0 spiro atoms. The predicted molar refractivity (Wildman–Crippen MR) is 107 cm³/mol. The highest BCUT2D eigenvalue weighted by atomic mass is 19.4. The largest absolute Gasteiger partial charge is 0.573 e. The Labute approximate surface area is 175 Å². The van der Waals surface area contributed by atoms with Gasteiger partial charge in [-0.1, -0.05) is 25.0 Å². The maximum absolute atomic E-state index is 13.1. The van der Waals surface area contributed by atoms with Crippen LogP contribution in [0.4, 0.5) is 17.6 Å². The van der Waals surface area contributed by atoms with Crippen molar-refractivity contribution in [3.05, 3.63) is 41.7 Å². The molecule has 2 aliphatic carbocycles. The van der Waals surface area contributed by atoms with Crippen LogP contribution in [0.15, 0.2) is 36.2 Å². The van der Waals surface area contributed by atoms with E-state index in [1.54, 1.807) is 18.2 Å². The smallest absolute Gasteiger partial charge is 0.406 e. The van der Waals surface area contributed by atoms with Gasteiger partial charge in [-0.05, 0) is 98.8 Å². The van der Waals surface area contributed by atoms with Crippen LogP contribution in [0.25, 0.3) is 0 Å². The zero-order valence-corrected chi connectivity index (χ0v) is 17.1. The van der Waals surface area contributed by atoms with E-state index in [1.807, 2.05) is 0 Å². The zero-order chi connectivity index (χ0) is 21.6. The Morgan fingerprint density at radius 2 is 1.47 bits per heavy atom. The van der Waals surface area contributed by atoms with E-state index >= 15 is 0 Å². The van der Waals surface area contributed by atoms with Gasteiger partial charge in [0, 0.05) is 0 Å². The first-order valence-corrected chi connectivity index (χ1v) is 11.0. The van der Waals surface area contributed by atoms with Crippen molar-refractivity contribution in [3.63, 3.8) is 0 Å². The van der Waals surface area contributed by atoms with Gasteiger partial charge in [-0.2, -0.15) is 9.65 Å². The minimum Gasteiger partial charge on any atom is -0.406 e. The molecule has 1 aromatic carbocycles. The summed E-state index contributed by atoms with van der Waals surface area (Å²) in [4.78, 5) is 0. The van der Waals surface area contributed by atoms with Crippen LogP contribution in [0, 0.1) is 29.1 Å². The van der Waals surface area contributed by atoms with Crippen LogP contribution in [-0.4, -0.2) is 6.36 Å². The fraction of sp³-hybridized carbons (Fsp3) is 0.625. The van der Waals surface area contributed by atoms with E-state index in [0.29, 0.717) is 11.8 Å². The normalized spacial score (nSPS) is 28.0. The molecule has 0 amide bonds. The lowest BCUT2D eigenvalue weighted by Crippen LogP contribution is -2.18. The number of nitrogens with zero attached hydrogens (tertiary/aromatic N) is 1. The van der Waals surface area contributed by atoms with Gasteiger partial charge in [0.05, 0.1) is 0 Å². The van der Waals surface area contributed by atoms with Crippen LogP contribution in [0.5, 0.6) is 5.75 Å². The summed E-state index contributed by atoms with van der Waals surface area (Å²) >= 11 is 0. The van der Waals surface area contributed by atoms with E-state index in [4.69, 9.17) is 5.26 Å². The van der Waals surface area contributed by atoms with Gasteiger partial charge >= 0.3 is 6.36 Å². The van der Waals surface area contributed by atoms with Gasteiger partial charge in [-0.3, -0.25) is 0 Å². The molecule has 0 aromatic heterocycles. The van der Waals surface area contributed by atoms with E-state index in [0.717, 1.165) is 62.8 Å². The Bertz CT molecular complexity index is 734. The van der Waals surface area contributed by atoms with Crippen LogP contribution in [0.3, 0.4) is 0 Å². The van der Waals surface area contributed by atoms with Crippen LogP contribution >= 0.6 is 0 Å². The third-order valence-corrected chi connectivity index (χ3v) is 6.80. The molecule has 2 nitrogen and oxygen atoms in total. The highest BCUT2D eigenvalue weighted by molar-refractivity contribution is 5.29. The van der Waals surface area contributed by atoms with Gasteiger partial charge < -0.3 is 4.74 Å². The summed E-state index contributed by atoms with van der Waals surface area (Å²) in [5.74, 6) is 1.24. The Hall–Kier alpha value is -2.03. The average Bonchev–Trinajstić information content (AvgIpc) is 2.73. The molecule has 0 unspecified atom stereocenters. The molecule has 0 bridgehead atoms. The molecule has 1 aromatic rings. The Balaban J connectivity index is 1.37. The van der Waals surface area contributed by atoms with Crippen molar-refractivity contribution in [1.29, 1.82) is 5.26 Å². The molecule has 164 valence electrons. The first-order valence-electron chi connectivity index (χ1n) is 11.0. The maximum atomic E-state index is 13.1. The monoisotopic (exact) mass is 423 g/mol. The van der Waals surface area contributed by atoms with Gasteiger partial charge in [0.2, 0.25) is 0 Å². The summed E-state index contributed by atoms with van der Waals surface area (Å²) in [6, 6.07) is 7.89. The summed E-state index contributed by atoms with van der Waals surface area (Å²) in [6.07, 6.45) is 7.93. The van der Waals surface area contributed by atoms with Crippen molar-refractivity contribution in [2.75, 3.05) is 0 Å². The van der Waals surface area contributed by atoms with Gasteiger partial charge in [-0.25, -0.2) is 0 Å². The van der Waals surface area contributed by atoms with Crippen LogP contribution in [0.1, 0.15) is 75.7 Å². The third-order valence-electron chi connectivity index (χ3n) is 6.80. The van der Waals surface area contributed by atoms with Crippen molar-refractivity contribution in [3.8, 4) is 11.8 Å². The number of benzene rings is 1. The molecule has 0 heterocycles. The maximum Gasteiger partial charge on any atom is 0.573 e. The van der Waals surface area contributed by atoms with Gasteiger partial charge in [0.25, 0.3) is 0 Å². The fourth-order valence-corrected chi connectivity index (χ4v) is 5.09. The fourth-order valence-electron chi connectivity index (χ4n) is 5.09. The van der Waals surface area contributed by atoms with Crippen molar-refractivity contribution >= 4 is 0 Å². The summed E-state index contributed by atoms with van der Waals surface area (Å²) in [5.41, 5.74) is 1.10. The molecular weight excluding hydrogens is 394 g/mol. The second-order valence-corrected chi connectivity index (χ2v) is 8.82. The number of hydrogen-bond donors (Lipinski definition) is 0. The van der Waals surface area contributed by atoms with Crippen molar-refractivity contribution in [2.24, 2.45) is 17.8 Å². The minimum atomic E-state index is -4.65. The summed E-state index contributed by atoms with van der Waals surface area (Å²) < 4.78 is 53.9. The number of ether oxygens (including phenoxy) is 1. The first kappa shape index (κ1) is 22.7. The lowest BCUT2D eigenvalue weighted by molar-refractivity contribution is -0.274. The van der Waals surface area contributed by atoms with Gasteiger partial charge in [0.1, 0.15) is 11.8 Å². The summed E-state index contributed by atoms with van der Waals surface area (Å²) in [6.45, 7) is 0. The molecule has 30 heavy (non-hydrogen) atoms. The molecule has 0 atom stereocenters. The molecule has 2 aliphatic rings. The van der Waals surface area contributed by atoms with Crippen LogP contribution in [0.2, 0.25) is 0 Å². The summed E-state index contributed by atoms with van der Waals surface area (Å²) in [7, 11) is 0. The van der Waals surface area contributed by atoms with Crippen molar-refractivity contribution in [2.45, 2.75) is 76.5 Å². The lowest BCUT2D eigenvalue weighted by atomic mass is 9.74. The number of allylic oxidation sites excluding steroid dienone is 2. The predicted octanol–water partition coefficient (Wildman–Crippen LogP) is 7.82. The molecule has 2 saturated carbocycles. The van der Waals surface area contributed by atoms with Crippen molar-refractivity contribution in [1.82, 2.24) is 0 Å². The molecule has 0 radical (unpaired) electrons. The van der Waals surface area contributed by atoms with Gasteiger partial charge in [0.15, 0.2) is 5.83 Å². The van der Waals surface area contributed by atoms with Crippen LogP contribution in [-0.2, 0) is 0 Å². The number of rotatable bonds is 6. The van der Waals surface area contributed by atoms with E-state index < -0.39 is 12.2 Å². The molecule has 3 rings (SSSR count).